The lowest BCUT2D eigenvalue weighted by Crippen LogP contribution is -2.33. The maximum Gasteiger partial charge on any atom is 0.215 e. The summed E-state index contributed by atoms with van der Waals surface area (Å²) in [6.45, 7) is 2.21. The number of fused-ring (bicyclic) bond motifs is 1. The second-order valence-corrected chi connectivity index (χ2v) is 8.91. The van der Waals surface area contributed by atoms with Gasteiger partial charge in [-0.15, -0.1) is 0 Å². The van der Waals surface area contributed by atoms with Crippen LogP contribution in [0.3, 0.4) is 0 Å². The Morgan fingerprint density at radius 3 is 2.53 bits per heavy atom. The molecule has 0 bridgehead atoms. The maximum absolute atomic E-state index is 13.8. The number of rotatable bonds is 6. The van der Waals surface area contributed by atoms with Crippen LogP contribution in [0.15, 0.2) is 78.0 Å². The third kappa shape index (κ3) is 4.17. The van der Waals surface area contributed by atoms with E-state index in [9.17, 15) is 14.7 Å². The highest BCUT2D eigenvalue weighted by atomic mass is 16.5. The number of amides is 1. The van der Waals surface area contributed by atoms with Gasteiger partial charge in [-0.25, -0.2) is 0 Å². The van der Waals surface area contributed by atoms with Crippen molar-refractivity contribution in [3.63, 3.8) is 0 Å². The molecule has 2 N–H and O–H groups in total. The SMILES string of the molecule is CCOc1cc([C@H]2C3=C(C[C@H](c4ccc(OC)cc4)CC3=O)Nc3ccccc3N2C=O)ccc1O. The quantitative estimate of drug-likeness (QED) is 0.460. The van der Waals surface area contributed by atoms with Crippen LogP contribution in [0.4, 0.5) is 11.4 Å². The van der Waals surface area contributed by atoms with Crippen LogP contribution in [0, 0.1) is 0 Å². The molecule has 1 amide bonds. The molecule has 36 heavy (non-hydrogen) atoms. The van der Waals surface area contributed by atoms with Crippen LogP contribution in [-0.4, -0.2) is 31.0 Å². The Balaban J connectivity index is 1.65. The fourth-order valence-electron chi connectivity index (χ4n) is 5.14. The minimum atomic E-state index is -0.669. The van der Waals surface area contributed by atoms with E-state index in [-0.39, 0.29) is 17.5 Å². The summed E-state index contributed by atoms with van der Waals surface area (Å²) in [6, 6.07) is 19.6. The minimum Gasteiger partial charge on any atom is -0.504 e. The number of carbonyl (C=O) groups excluding carboxylic acids is 2. The van der Waals surface area contributed by atoms with Crippen LogP contribution in [0.25, 0.3) is 0 Å². The number of phenols is 1. The number of para-hydroxylation sites is 2. The third-order valence-electron chi connectivity index (χ3n) is 6.83. The van der Waals surface area contributed by atoms with Crippen molar-refractivity contribution in [2.45, 2.75) is 31.7 Å². The first-order chi connectivity index (χ1) is 17.5. The van der Waals surface area contributed by atoms with Crippen LogP contribution in [0.2, 0.25) is 0 Å². The number of phenolic OH excluding ortho intramolecular Hbond substituents is 1. The summed E-state index contributed by atoms with van der Waals surface area (Å²) in [5, 5.41) is 13.8. The molecule has 0 radical (unpaired) electrons. The Hall–Kier alpha value is -4.26. The summed E-state index contributed by atoms with van der Waals surface area (Å²) in [5.41, 5.74) is 4.52. The Kier molecular flexibility index (Phi) is 6.38. The summed E-state index contributed by atoms with van der Waals surface area (Å²) in [5.74, 6) is 1.05. The molecule has 1 aliphatic carbocycles. The predicted molar refractivity (Wildman–Crippen MR) is 138 cm³/mol. The van der Waals surface area contributed by atoms with E-state index in [1.807, 2.05) is 55.5 Å². The first kappa shape index (κ1) is 23.5. The van der Waals surface area contributed by atoms with E-state index in [0.29, 0.717) is 42.0 Å². The monoisotopic (exact) mass is 484 g/mol. The normalized spacial score (nSPS) is 19.1. The van der Waals surface area contributed by atoms with Gasteiger partial charge >= 0.3 is 0 Å². The van der Waals surface area contributed by atoms with Gasteiger partial charge in [0.25, 0.3) is 0 Å². The highest BCUT2D eigenvalue weighted by Gasteiger charge is 2.39. The molecule has 3 aromatic carbocycles. The highest BCUT2D eigenvalue weighted by molar-refractivity contribution is 6.03. The number of allylic oxidation sites excluding steroid dienone is 1. The van der Waals surface area contributed by atoms with Crippen molar-refractivity contribution in [1.29, 1.82) is 0 Å². The number of nitrogens with zero attached hydrogens (tertiary/aromatic N) is 1. The molecule has 0 saturated heterocycles. The van der Waals surface area contributed by atoms with Crippen LogP contribution in [0.5, 0.6) is 17.2 Å². The Morgan fingerprint density at radius 2 is 1.81 bits per heavy atom. The molecule has 7 nitrogen and oxygen atoms in total. The van der Waals surface area contributed by atoms with E-state index >= 15 is 0 Å². The smallest absolute Gasteiger partial charge is 0.215 e. The molecular weight excluding hydrogens is 456 g/mol. The number of ether oxygens (including phenoxy) is 2. The van der Waals surface area contributed by atoms with Gasteiger partial charge in [0.1, 0.15) is 5.75 Å². The van der Waals surface area contributed by atoms with E-state index in [4.69, 9.17) is 9.47 Å². The van der Waals surface area contributed by atoms with Gasteiger partial charge in [-0.2, -0.15) is 0 Å². The fourth-order valence-corrected chi connectivity index (χ4v) is 5.14. The van der Waals surface area contributed by atoms with Crippen LogP contribution < -0.4 is 19.7 Å². The number of methoxy groups -OCH3 is 1. The van der Waals surface area contributed by atoms with Gasteiger partial charge in [-0.1, -0.05) is 30.3 Å². The molecule has 5 rings (SSSR count). The Labute approximate surface area is 210 Å². The molecule has 7 heteroatoms. The van der Waals surface area contributed by atoms with E-state index in [0.717, 1.165) is 29.1 Å². The molecule has 0 unspecified atom stereocenters. The van der Waals surface area contributed by atoms with Gasteiger partial charge in [-0.3, -0.25) is 9.59 Å². The van der Waals surface area contributed by atoms with Crippen LogP contribution in [0.1, 0.15) is 42.9 Å². The van der Waals surface area contributed by atoms with Crippen molar-refractivity contribution < 1.29 is 24.2 Å². The zero-order valence-electron chi connectivity index (χ0n) is 20.2. The third-order valence-corrected chi connectivity index (χ3v) is 6.83. The van der Waals surface area contributed by atoms with Crippen molar-refractivity contribution >= 4 is 23.6 Å². The van der Waals surface area contributed by atoms with E-state index in [2.05, 4.69) is 5.32 Å². The standard InChI is InChI=1S/C29H28N2O5/c1-3-36-27-16-19(10-13-25(27)33)29-28-23(30-22-6-4-5-7-24(22)31(29)17-32)14-20(15-26(28)34)18-8-11-21(35-2)12-9-18/h4-13,16-17,20,29-30,33H,3,14-15H2,1-2H3/t20-,29-/m0/s1. The molecule has 0 aromatic heterocycles. The number of nitrogens with one attached hydrogen (secondary N) is 1. The predicted octanol–water partition coefficient (Wildman–Crippen LogP) is 5.33. The zero-order valence-corrected chi connectivity index (χ0v) is 20.2. The molecule has 0 saturated carbocycles. The summed E-state index contributed by atoms with van der Waals surface area (Å²) >= 11 is 0. The molecule has 0 spiro atoms. The molecule has 2 atom stereocenters. The van der Waals surface area contributed by atoms with Crippen LogP contribution >= 0.6 is 0 Å². The first-order valence-corrected chi connectivity index (χ1v) is 12.0. The molecular formula is C29H28N2O5. The van der Waals surface area contributed by atoms with Gasteiger partial charge in [0.05, 0.1) is 31.1 Å². The largest absolute Gasteiger partial charge is 0.504 e. The minimum absolute atomic E-state index is 0.00847. The number of ketones is 1. The highest BCUT2D eigenvalue weighted by Crippen LogP contribution is 2.47. The van der Waals surface area contributed by atoms with Gasteiger partial charge < -0.3 is 24.8 Å². The van der Waals surface area contributed by atoms with Gasteiger partial charge in [0.15, 0.2) is 17.3 Å². The average molecular weight is 485 g/mol. The summed E-state index contributed by atoms with van der Waals surface area (Å²) < 4.78 is 10.9. The van der Waals surface area contributed by atoms with Gasteiger partial charge in [-0.05, 0) is 66.8 Å². The van der Waals surface area contributed by atoms with Gasteiger partial charge in [0, 0.05) is 17.7 Å². The van der Waals surface area contributed by atoms with E-state index in [1.54, 1.807) is 30.2 Å². The molecule has 3 aromatic rings. The Morgan fingerprint density at radius 1 is 1.06 bits per heavy atom. The fraction of sp³-hybridized carbons (Fsp3) is 0.241. The topological polar surface area (TPSA) is 88.1 Å². The summed E-state index contributed by atoms with van der Waals surface area (Å²) in [7, 11) is 1.63. The molecule has 1 aliphatic heterocycles. The molecule has 1 heterocycles. The molecule has 184 valence electrons. The molecule has 2 aliphatic rings. The number of hydrogen-bond donors (Lipinski definition) is 2. The van der Waals surface area contributed by atoms with Crippen molar-refractivity contribution in [3.8, 4) is 17.2 Å². The number of anilines is 2. The number of benzene rings is 3. The van der Waals surface area contributed by atoms with Crippen molar-refractivity contribution in [1.82, 2.24) is 0 Å². The van der Waals surface area contributed by atoms with Crippen LogP contribution in [-0.2, 0) is 9.59 Å². The summed E-state index contributed by atoms with van der Waals surface area (Å²) in [6.07, 6.45) is 1.70. The zero-order chi connectivity index (χ0) is 25.2. The first-order valence-electron chi connectivity index (χ1n) is 12.0. The Bertz CT molecular complexity index is 1330. The number of Topliss-reactive ketones (excluding diaryl/α,β-unsaturated/α-hetero) is 1. The maximum atomic E-state index is 13.8. The van der Waals surface area contributed by atoms with Crippen molar-refractivity contribution in [2.24, 2.45) is 0 Å². The lowest BCUT2D eigenvalue weighted by molar-refractivity contribution is -0.116. The number of aromatic hydroxyl groups is 1. The van der Waals surface area contributed by atoms with Crippen molar-refractivity contribution in [2.75, 3.05) is 23.9 Å². The lowest BCUT2D eigenvalue weighted by Gasteiger charge is -2.33. The number of hydrogen-bond acceptors (Lipinski definition) is 6. The molecule has 0 fully saturated rings. The lowest BCUT2D eigenvalue weighted by atomic mass is 9.78. The van der Waals surface area contributed by atoms with E-state index < -0.39 is 6.04 Å². The number of carbonyl (C=O) groups is 2. The van der Waals surface area contributed by atoms with E-state index in [1.165, 1.54) is 0 Å². The second-order valence-electron chi connectivity index (χ2n) is 8.91. The second kappa shape index (κ2) is 9.77. The van der Waals surface area contributed by atoms with Gasteiger partial charge in [0.2, 0.25) is 6.41 Å². The summed E-state index contributed by atoms with van der Waals surface area (Å²) in [4.78, 5) is 27.9. The average Bonchev–Trinajstić information content (AvgIpc) is 3.04. The van der Waals surface area contributed by atoms with Crippen molar-refractivity contribution in [3.05, 3.63) is 89.1 Å².